The van der Waals surface area contributed by atoms with Crippen LogP contribution in [-0.4, -0.2) is 43.8 Å². The van der Waals surface area contributed by atoms with Crippen LogP contribution in [-0.2, 0) is 0 Å². The van der Waals surface area contributed by atoms with Crippen LogP contribution in [0.3, 0.4) is 0 Å². The molecule has 0 aromatic rings. The Morgan fingerprint density at radius 1 is 0.727 bits per heavy atom. The van der Waals surface area contributed by atoms with E-state index in [1.54, 1.807) is 0 Å². The normalized spacial score (nSPS) is 36.7. The second kappa shape index (κ2) is 8.62. The van der Waals surface area contributed by atoms with E-state index >= 15 is 0 Å². The second-order valence-electron chi connectivity index (χ2n) is 7.74. The molecule has 3 aliphatic rings. The third kappa shape index (κ3) is 4.44. The zero-order valence-corrected chi connectivity index (χ0v) is 14.2. The summed E-state index contributed by atoms with van der Waals surface area (Å²) in [6, 6.07) is 2.17. The van der Waals surface area contributed by atoms with E-state index < -0.39 is 0 Å². The van der Waals surface area contributed by atoms with Crippen LogP contribution in [0, 0.1) is 5.92 Å². The van der Waals surface area contributed by atoms with Crippen molar-refractivity contribution in [1.29, 1.82) is 0 Å². The fourth-order valence-corrected chi connectivity index (χ4v) is 4.79. The second-order valence-corrected chi connectivity index (χ2v) is 7.74. The van der Waals surface area contributed by atoms with Crippen molar-refractivity contribution in [1.82, 2.24) is 16.0 Å². The highest BCUT2D eigenvalue weighted by atomic mass is 15.0. The topological polar surface area (TPSA) is 62.1 Å². The molecule has 3 saturated heterocycles. The molecule has 3 rings (SSSR count). The summed E-state index contributed by atoms with van der Waals surface area (Å²) < 4.78 is 0. The van der Waals surface area contributed by atoms with Gasteiger partial charge < -0.3 is 21.7 Å². The first-order valence-corrected chi connectivity index (χ1v) is 9.80. The van der Waals surface area contributed by atoms with Gasteiger partial charge in [0, 0.05) is 24.2 Å². The van der Waals surface area contributed by atoms with Crippen LogP contribution in [0.1, 0.15) is 64.2 Å². The molecule has 0 aromatic heterocycles. The smallest absolute Gasteiger partial charge is 0.0238 e. The van der Waals surface area contributed by atoms with Crippen molar-refractivity contribution in [2.75, 3.05) is 19.6 Å². The predicted molar refractivity (Wildman–Crippen MR) is 93.0 cm³/mol. The van der Waals surface area contributed by atoms with Gasteiger partial charge in [0.25, 0.3) is 0 Å². The summed E-state index contributed by atoms with van der Waals surface area (Å²) in [6.07, 6.45) is 13.3. The van der Waals surface area contributed by atoms with Crippen LogP contribution >= 0.6 is 0 Å². The van der Waals surface area contributed by atoms with E-state index in [2.05, 4.69) is 16.0 Å². The molecule has 0 bridgehead atoms. The molecule has 5 N–H and O–H groups in total. The molecule has 0 aromatic carbocycles. The SMILES string of the molecule is NC(C1CCCCN1)C(CC1CCCCN1)C1CCCCN1. The van der Waals surface area contributed by atoms with E-state index in [-0.39, 0.29) is 0 Å². The Morgan fingerprint density at radius 3 is 1.86 bits per heavy atom. The molecule has 0 aliphatic carbocycles. The highest BCUT2D eigenvalue weighted by Crippen LogP contribution is 2.27. The summed E-state index contributed by atoms with van der Waals surface area (Å²) in [4.78, 5) is 0. The minimum atomic E-state index is 0.305. The average molecular weight is 309 g/mol. The van der Waals surface area contributed by atoms with Crippen molar-refractivity contribution in [3.63, 3.8) is 0 Å². The molecule has 0 radical (unpaired) electrons. The molecule has 4 nitrogen and oxygen atoms in total. The highest BCUT2D eigenvalue weighted by molar-refractivity contribution is 4.95. The summed E-state index contributed by atoms with van der Waals surface area (Å²) in [6.45, 7) is 3.54. The Morgan fingerprint density at radius 2 is 1.32 bits per heavy atom. The van der Waals surface area contributed by atoms with Gasteiger partial charge in [-0.05, 0) is 70.5 Å². The van der Waals surface area contributed by atoms with Crippen molar-refractivity contribution in [2.45, 2.75) is 88.4 Å². The first-order valence-electron chi connectivity index (χ1n) is 9.80. The van der Waals surface area contributed by atoms with Gasteiger partial charge in [0.15, 0.2) is 0 Å². The van der Waals surface area contributed by atoms with Crippen molar-refractivity contribution in [3.05, 3.63) is 0 Å². The Hall–Kier alpha value is -0.160. The Balaban J connectivity index is 1.63. The van der Waals surface area contributed by atoms with E-state index in [1.807, 2.05) is 0 Å². The van der Waals surface area contributed by atoms with Crippen LogP contribution in [0.2, 0.25) is 0 Å². The summed E-state index contributed by atoms with van der Waals surface area (Å²) in [5.74, 6) is 0.617. The summed E-state index contributed by atoms with van der Waals surface area (Å²) in [5, 5.41) is 11.2. The number of hydrogen-bond acceptors (Lipinski definition) is 4. The first-order chi connectivity index (χ1) is 10.8. The fraction of sp³-hybridized carbons (Fsp3) is 1.00. The van der Waals surface area contributed by atoms with E-state index in [4.69, 9.17) is 5.73 Å². The van der Waals surface area contributed by atoms with Gasteiger partial charge in [-0.15, -0.1) is 0 Å². The Labute approximate surface area is 136 Å². The molecule has 5 atom stereocenters. The van der Waals surface area contributed by atoms with Crippen molar-refractivity contribution >= 4 is 0 Å². The zero-order chi connectivity index (χ0) is 15.2. The molecule has 0 spiro atoms. The minimum absolute atomic E-state index is 0.305. The van der Waals surface area contributed by atoms with Gasteiger partial charge in [0.2, 0.25) is 0 Å². The number of rotatable bonds is 5. The van der Waals surface area contributed by atoms with Gasteiger partial charge in [0.05, 0.1) is 0 Å². The van der Waals surface area contributed by atoms with Crippen LogP contribution in [0.5, 0.6) is 0 Å². The van der Waals surface area contributed by atoms with Gasteiger partial charge in [-0.25, -0.2) is 0 Å². The van der Waals surface area contributed by atoms with Gasteiger partial charge in [-0.1, -0.05) is 19.3 Å². The quantitative estimate of drug-likeness (QED) is 0.625. The molecule has 128 valence electrons. The maximum atomic E-state index is 6.81. The zero-order valence-electron chi connectivity index (χ0n) is 14.2. The van der Waals surface area contributed by atoms with Crippen LogP contribution < -0.4 is 21.7 Å². The van der Waals surface area contributed by atoms with E-state index in [9.17, 15) is 0 Å². The van der Waals surface area contributed by atoms with Crippen LogP contribution in [0.4, 0.5) is 0 Å². The molecule has 3 fully saturated rings. The minimum Gasteiger partial charge on any atom is -0.326 e. The lowest BCUT2D eigenvalue weighted by Crippen LogP contribution is -2.58. The maximum Gasteiger partial charge on any atom is 0.0238 e. The summed E-state index contributed by atoms with van der Waals surface area (Å²) in [7, 11) is 0. The van der Waals surface area contributed by atoms with E-state index in [0.29, 0.717) is 30.1 Å². The lowest BCUT2D eigenvalue weighted by atomic mass is 9.77. The third-order valence-corrected chi connectivity index (χ3v) is 6.14. The Bertz CT molecular complexity index is 304. The molecule has 4 heteroatoms. The van der Waals surface area contributed by atoms with Crippen LogP contribution in [0.25, 0.3) is 0 Å². The monoisotopic (exact) mass is 308 g/mol. The molecular weight excluding hydrogens is 272 g/mol. The third-order valence-electron chi connectivity index (χ3n) is 6.14. The molecule has 3 heterocycles. The fourth-order valence-electron chi connectivity index (χ4n) is 4.79. The Kier molecular flexibility index (Phi) is 6.54. The van der Waals surface area contributed by atoms with Gasteiger partial charge in [0.1, 0.15) is 0 Å². The van der Waals surface area contributed by atoms with Crippen molar-refractivity contribution in [2.24, 2.45) is 11.7 Å². The van der Waals surface area contributed by atoms with Gasteiger partial charge in [-0.3, -0.25) is 0 Å². The lowest BCUT2D eigenvalue weighted by Gasteiger charge is -2.42. The first kappa shape index (κ1) is 16.7. The average Bonchev–Trinajstić information content (AvgIpc) is 2.61. The molecular formula is C18H36N4. The van der Waals surface area contributed by atoms with E-state index in [0.717, 1.165) is 6.54 Å². The van der Waals surface area contributed by atoms with E-state index in [1.165, 1.54) is 77.3 Å². The number of nitrogens with two attached hydrogens (primary N) is 1. The number of nitrogens with one attached hydrogen (secondary N) is 3. The van der Waals surface area contributed by atoms with Crippen molar-refractivity contribution in [3.8, 4) is 0 Å². The van der Waals surface area contributed by atoms with Crippen LogP contribution in [0.15, 0.2) is 0 Å². The maximum absolute atomic E-state index is 6.81. The highest BCUT2D eigenvalue weighted by Gasteiger charge is 2.35. The predicted octanol–water partition coefficient (Wildman–Crippen LogP) is 1.75. The number of hydrogen-bond donors (Lipinski definition) is 4. The number of piperidine rings is 3. The van der Waals surface area contributed by atoms with Gasteiger partial charge >= 0.3 is 0 Å². The molecule has 3 aliphatic heterocycles. The molecule has 5 unspecified atom stereocenters. The van der Waals surface area contributed by atoms with Crippen molar-refractivity contribution < 1.29 is 0 Å². The summed E-state index contributed by atoms with van der Waals surface area (Å²) in [5.41, 5.74) is 6.81. The molecule has 22 heavy (non-hydrogen) atoms. The molecule has 0 amide bonds. The summed E-state index contributed by atoms with van der Waals surface area (Å²) >= 11 is 0. The standard InChI is InChI=1S/C18H36N4/c19-18(17-9-3-6-12-22-17)15(16-8-2-5-11-21-16)13-14-7-1-4-10-20-14/h14-18,20-22H,1-13,19H2. The molecule has 0 saturated carbocycles. The largest absolute Gasteiger partial charge is 0.326 e. The van der Waals surface area contributed by atoms with Gasteiger partial charge in [-0.2, -0.15) is 0 Å². The lowest BCUT2D eigenvalue weighted by molar-refractivity contribution is 0.178.